The summed E-state index contributed by atoms with van der Waals surface area (Å²) >= 11 is 0. The Bertz CT molecular complexity index is 2910. The molecule has 2 aliphatic carbocycles. The summed E-state index contributed by atoms with van der Waals surface area (Å²) in [4.78, 5) is 6.08. The van der Waals surface area contributed by atoms with Crippen LogP contribution in [0.2, 0.25) is 0 Å². The van der Waals surface area contributed by atoms with E-state index in [-0.39, 0.29) is 22.9 Å². The average Bonchev–Trinajstić information content (AvgIpc) is 3.73. The van der Waals surface area contributed by atoms with E-state index in [1.54, 1.807) is 0 Å². The Morgan fingerprint density at radius 2 is 1.28 bits per heavy atom. The molecule has 0 saturated heterocycles. The Morgan fingerprint density at radius 3 is 2.04 bits per heavy atom. The fraction of sp³-hybridized carbons (Fsp3) is 0.235. The van der Waals surface area contributed by atoms with Crippen molar-refractivity contribution in [3.8, 4) is 11.1 Å². The molecule has 0 spiro atoms. The van der Waals surface area contributed by atoms with Crippen molar-refractivity contribution >= 4 is 56.0 Å². The van der Waals surface area contributed by atoms with Crippen molar-refractivity contribution in [2.24, 2.45) is 10.9 Å². The monoisotopic (exact) mass is 686 g/mol. The van der Waals surface area contributed by atoms with Crippen molar-refractivity contribution < 1.29 is 0 Å². The van der Waals surface area contributed by atoms with Crippen LogP contribution in [0.3, 0.4) is 0 Å². The molecule has 10 rings (SSSR count). The summed E-state index contributed by atoms with van der Waals surface area (Å²) in [5.41, 5.74) is 15.7. The van der Waals surface area contributed by atoms with Gasteiger partial charge in [-0.15, -0.1) is 0 Å². The summed E-state index contributed by atoms with van der Waals surface area (Å²) in [7, 11) is 0. The van der Waals surface area contributed by atoms with Crippen molar-refractivity contribution in [1.82, 2.24) is 4.57 Å². The quantitative estimate of drug-likeness (QED) is 0.176. The van der Waals surface area contributed by atoms with Gasteiger partial charge in [0.15, 0.2) is 0 Å². The van der Waals surface area contributed by atoms with Crippen molar-refractivity contribution in [3.05, 3.63) is 159 Å². The largest absolute Gasteiger partial charge is 0.316 e. The van der Waals surface area contributed by atoms with Crippen LogP contribution in [-0.4, -0.2) is 10.3 Å². The minimum atomic E-state index is -0.148. The van der Waals surface area contributed by atoms with Gasteiger partial charge in [-0.1, -0.05) is 144 Å². The molecule has 260 valence electrons. The fourth-order valence-corrected chi connectivity index (χ4v) is 10.6. The van der Waals surface area contributed by atoms with Crippen LogP contribution >= 0.6 is 0 Å². The van der Waals surface area contributed by atoms with Gasteiger partial charge in [-0.2, -0.15) is 0 Å². The number of fused-ring (bicyclic) bond motifs is 10. The number of hydrogen-bond acceptors (Lipinski definition) is 1. The van der Waals surface area contributed by atoms with Crippen LogP contribution in [0, 0.1) is 5.92 Å². The number of benzene rings is 6. The molecule has 2 heteroatoms. The maximum absolute atomic E-state index is 6.08. The van der Waals surface area contributed by atoms with Crippen LogP contribution in [0.15, 0.2) is 126 Å². The molecule has 2 heterocycles. The molecule has 2 nitrogen and oxygen atoms in total. The van der Waals surface area contributed by atoms with E-state index in [2.05, 4.69) is 180 Å². The number of hydrogen-bond donors (Lipinski definition) is 0. The van der Waals surface area contributed by atoms with Gasteiger partial charge in [-0.25, -0.2) is 0 Å². The number of nitrogens with zero attached hydrogens (tertiary/aromatic N) is 2. The summed E-state index contributed by atoms with van der Waals surface area (Å²) in [6.07, 6.45) is 5.35. The molecule has 0 radical (unpaired) electrons. The zero-order chi connectivity index (χ0) is 36.4. The van der Waals surface area contributed by atoms with Crippen molar-refractivity contribution in [2.45, 2.75) is 71.9 Å². The lowest BCUT2D eigenvalue weighted by Crippen LogP contribution is -2.32. The number of rotatable bonds is 3. The molecule has 0 saturated carbocycles. The summed E-state index contributed by atoms with van der Waals surface area (Å²) < 4.78 is 2.64. The van der Waals surface area contributed by atoms with Gasteiger partial charge in [0.1, 0.15) is 6.17 Å². The minimum absolute atomic E-state index is 0.0478. The van der Waals surface area contributed by atoms with Gasteiger partial charge >= 0.3 is 0 Å². The first-order valence-electron chi connectivity index (χ1n) is 19.4. The summed E-state index contributed by atoms with van der Waals surface area (Å²) in [5, 5.41) is 7.65. The van der Waals surface area contributed by atoms with Crippen LogP contribution < -0.4 is 10.4 Å². The Kier molecular flexibility index (Phi) is 6.84. The predicted molar refractivity (Wildman–Crippen MR) is 226 cm³/mol. The lowest BCUT2D eigenvalue weighted by molar-refractivity contribution is 0.355. The normalized spacial score (nSPS) is 20.2. The molecular formula is C51H46N2. The maximum Gasteiger partial charge on any atom is 0.132 e. The predicted octanol–water partition coefficient (Wildman–Crippen LogP) is 11.6. The summed E-state index contributed by atoms with van der Waals surface area (Å²) in [6, 6.07) is 43.7. The molecule has 7 aromatic rings. The van der Waals surface area contributed by atoms with E-state index in [1.165, 1.54) is 93.1 Å². The first kappa shape index (κ1) is 32.2. The molecule has 2 atom stereocenters. The molecule has 0 bridgehead atoms. The van der Waals surface area contributed by atoms with E-state index in [4.69, 9.17) is 4.99 Å². The van der Waals surface area contributed by atoms with Gasteiger partial charge < -0.3 is 4.57 Å². The molecule has 2 unspecified atom stereocenters. The molecule has 0 fully saturated rings. The van der Waals surface area contributed by atoms with E-state index < -0.39 is 0 Å². The van der Waals surface area contributed by atoms with E-state index >= 15 is 0 Å². The molecule has 6 aromatic carbocycles. The topological polar surface area (TPSA) is 17.3 Å². The fourth-order valence-electron chi connectivity index (χ4n) is 10.6. The number of aliphatic imine (C=N–C) groups is 1. The van der Waals surface area contributed by atoms with Gasteiger partial charge in [0.05, 0.1) is 16.7 Å². The van der Waals surface area contributed by atoms with E-state index in [0.29, 0.717) is 0 Å². The minimum Gasteiger partial charge on any atom is -0.316 e. The third-order valence-electron chi connectivity index (χ3n) is 13.1. The van der Waals surface area contributed by atoms with E-state index in [9.17, 15) is 0 Å². The van der Waals surface area contributed by atoms with Gasteiger partial charge in [0, 0.05) is 44.0 Å². The highest BCUT2D eigenvalue weighted by Gasteiger charge is 2.48. The lowest BCUT2D eigenvalue weighted by Gasteiger charge is -2.38. The van der Waals surface area contributed by atoms with Gasteiger partial charge in [-0.05, 0) is 93.2 Å². The summed E-state index contributed by atoms with van der Waals surface area (Å²) in [5.74, 6) is 0.203. The smallest absolute Gasteiger partial charge is 0.132 e. The Morgan fingerprint density at radius 1 is 0.623 bits per heavy atom. The SMILES string of the molecule is C/C=c1/cc2c3ccc4ccccc4c3n(C3N=C(c4ccc5c(c4)-c4ccccc4C5(C)C)C4=C(C3CC)C(C)(C)c3ccccc34)c2c/c1=C/C. The van der Waals surface area contributed by atoms with Crippen LogP contribution in [0.5, 0.6) is 0 Å². The number of dihydropyridines is 1. The zero-order valence-corrected chi connectivity index (χ0v) is 31.9. The van der Waals surface area contributed by atoms with Crippen molar-refractivity contribution in [2.75, 3.05) is 0 Å². The Hall–Kier alpha value is -5.47. The molecule has 0 amide bonds. The van der Waals surface area contributed by atoms with Crippen LogP contribution in [0.4, 0.5) is 0 Å². The standard InChI is InChI=1S/C51H46N2/c1-8-30-27-40-37-25-23-32-17-11-12-18-35(32)48(37)53(44(40)29-31(30)9-2)49-34(10-3)46-45(38-20-14-16-22-42(38)51(46,6)7)47(52-49)33-24-26-43-39(28-33)36-19-13-15-21-41(36)50(43,4)5/h8-9,11-29,34,49H,10H2,1-7H3/b30-8-,31-9-. The lowest BCUT2D eigenvalue weighted by atomic mass is 9.72. The highest BCUT2D eigenvalue weighted by Crippen LogP contribution is 2.57. The highest BCUT2D eigenvalue weighted by molar-refractivity contribution is 6.35. The van der Waals surface area contributed by atoms with E-state index in [1.807, 2.05) is 0 Å². The van der Waals surface area contributed by atoms with Gasteiger partial charge in [0.2, 0.25) is 0 Å². The van der Waals surface area contributed by atoms with Gasteiger partial charge in [-0.3, -0.25) is 4.99 Å². The second kappa shape index (κ2) is 11.3. The first-order valence-corrected chi connectivity index (χ1v) is 19.4. The van der Waals surface area contributed by atoms with Crippen LogP contribution in [0.1, 0.15) is 88.9 Å². The molecule has 3 aliphatic rings. The summed E-state index contributed by atoms with van der Waals surface area (Å²) in [6.45, 7) is 16.3. The van der Waals surface area contributed by atoms with Crippen molar-refractivity contribution in [1.29, 1.82) is 0 Å². The third-order valence-corrected chi connectivity index (χ3v) is 13.1. The maximum atomic E-state index is 6.08. The molecule has 1 aliphatic heterocycles. The molecule has 1 aromatic heterocycles. The second-order valence-electron chi connectivity index (χ2n) is 16.4. The first-order chi connectivity index (χ1) is 25.7. The third kappa shape index (κ3) is 4.24. The van der Waals surface area contributed by atoms with E-state index in [0.717, 1.165) is 12.1 Å². The number of allylic oxidation sites excluding steroid dienone is 1. The molecular weight excluding hydrogens is 641 g/mol. The zero-order valence-electron chi connectivity index (χ0n) is 31.9. The van der Waals surface area contributed by atoms with Gasteiger partial charge in [0.25, 0.3) is 0 Å². The Labute approximate surface area is 312 Å². The van der Waals surface area contributed by atoms with Crippen molar-refractivity contribution in [3.63, 3.8) is 0 Å². The average molecular weight is 687 g/mol. The molecule has 0 N–H and O–H groups in total. The second-order valence-corrected chi connectivity index (χ2v) is 16.4. The van der Waals surface area contributed by atoms with Crippen LogP contribution in [0.25, 0.3) is 61.4 Å². The highest BCUT2D eigenvalue weighted by atomic mass is 15.2. The van der Waals surface area contributed by atoms with Crippen LogP contribution in [-0.2, 0) is 10.8 Å². The Balaban J connectivity index is 1.33. The number of aromatic nitrogens is 1. The molecule has 53 heavy (non-hydrogen) atoms.